The van der Waals surface area contributed by atoms with E-state index in [1.54, 1.807) is 0 Å². The molecule has 13 heteroatoms. The first-order valence-corrected chi connectivity index (χ1v) is 15.1. The Balaban J connectivity index is 1.78. The Hall–Kier alpha value is -1.12. The molecule has 0 aromatic rings. The molecule has 0 bridgehead atoms. The van der Waals surface area contributed by atoms with Gasteiger partial charge < -0.3 is 10.0 Å². The van der Waals surface area contributed by atoms with E-state index in [0.717, 1.165) is 53.1 Å². The van der Waals surface area contributed by atoms with E-state index in [1.165, 1.54) is 16.7 Å². The number of carboxylic acid groups (broad SMARTS) is 1. The Morgan fingerprint density at radius 3 is 2.38 bits per heavy atom. The van der Waals surface area contributed by atoms with Crippen molar-refractivity contribution in [2.75, 3.05) is 38.5 Å². The summed E-state index contributed by atoms with van der Waals surface area (Å²) in [5.41, 5.74) is 1.13. The molecule has 34 heavy (non-hydrogen) atoms. The van der Waals surface area contributed by atoms with E-state index in [-0.39, 0.29) is 14.7 Å². The first-order valence-electron chi connectivity index (χ1n) is 11.5. The van der Waals surface area contributed by atoms with E-state index in [9.17, 15) is 18.0 Å². The number of allylic oxidation sites excluding steroid dienone is 2. The summed E-state index contributed by atoms with van der Waals surface area (Å²) in [6.07, 6.45) is 4.23. The van der Waals surface area contributed by atoms with Gasteiger partial charge in [0.15, 0.2) is 0 Å². The minimum absolute atomic E-state index is 0.0640. The van der Waals surface area contributed by atoms with Crippen LogP contribution in [0.1, 0.15) is 52.9 Å². The number of thiocarbonyl (C=S) groups is 1. The highest BCUT2D eigenvalue weighted by Gasteiger charge is 2.41. The number of amides is 1. The fourth-order valence-electron chi connectivity index (χ4n) is 4.26. The maximum Gasteiger partial charge on any atom is 0.323 e. The molecule has 0 atom stereocenters. The van der Waals surface area contributed by atoms with Crippen molar-refractivity contribution in [3.63, 3.8) is 0 Å². The predicted molar refractivity (Wildman–Crippen MR) is 138 cm³/mol. The summed E-state index contributed by atoms with van der Waals surface area (Å²) in [7, 11) is -3.73. The van der Waals surface area contributed by atoms with Crippen molar-refractivity contribution in [3.05, 3.63) is 20.5 Å². The van der Waals surface area contributed by atoms with Gasteiger partial charge in [0, 0.05) is 17.1 Å². The van der Waals surface area contributed by atoms with E-state index in [1.807, 2.05) is 25.7 Å². The molecule has 0 unspecified atom stereocenters. The highest BCUT2D eigenvalue weighted by Crippen LogP contribution is 2.51. The second kappa shape index (κ2) is 11.3. The van der Waals surface area contributed by atoms with E-state index in [0.29, 0.717) is 37.5 Å². The smallest absolute Gasteiger partial charge is 0.323 e. The average Bonchev–Trinajstić information content (AvgIpc) is 3.29. The number of hydrogen-bond donors (Lipinski definition) is 1. The average molecular weight is 551 g/mol. The summed E-state index contributed by atoms with van der Waals surface area (Å²) in [4.78, 5) is 28.9. The van der Waals surface area contributed by atoms with Crippen LogP contribution in [0.15, 0.2) is 20.5 Å². The number of hydroxylamine groups is 3. The van der Waals surface area contributed by atoms with Gasteiger partial charge in [-0.05, 0) is 52.9 Å². The van der Waals surface area contributed by atoms with Crippen molar-refractivity contribution in [3.8, 4) is 0 Å². The van der Waals surface area contributed by atoms with Crippen molar-refractivity contribution < 1.29 is 32.0 Å². The molecule has 1 N–H and O–H groups in total. The van der Waals surface area contributed by atoms with Crippen LogP contribution < -0.4 is 0 Å². The number of quaternary nitrogens is 1. The van der Waals surface area contributed by atoms with Crippen LogP contribution in [-0.4, -0.2) is 82.6 Å². The Morgan fingerprint density at radius 1 is 1.12 bits per heavy atom. The number of nitrogens with zero attached hydrogens (tertiary/aromatic N) is 3. The fourth-order valence-corrected chi connectivity index (χ4v) is 8.39. The van der Waals surface area contributed by atoms with Gasteiger partial charge in [0.25, 0.3) is 5.91 Å². The number of thioether (sulfide) groups is 2. The molecule has 3 aliphatic rings. The number of carbonyl (C=O) groups is 2. The van der Waals surface area contributed by atoms with Crippen LogP contribution in [0, 0.1) is 0 Å². The third kappa shape index (κ3) is 5.98. The zero-order valence-electron chi connectivity index (χ0n) is 19.7. The van der Waals surface area contributed by atoms with Gasteiger partial charge in [-0.25, -0.2) is 0 Å². The summed E-state index contributed by atoms with van der Waals surface area (Å²) in [6.45, 7) is 7.38. The maximum absolute atomic E-state index is 13.0. The molecular weight excluding hydrogens is 519 g/mol. The molecular formula is C21H32N3O6S4+. The van der Waals surface area contributed by atoms with Crippen molar-refractivity contribution in [1.29, 1.82) is 0 Å². The number of carboxylic acids is 1. The minimum atomic E-state index is -3.73. The van der Waals surface area contributed by atoms with Gasteiger partial charge in [-0.2, -0.15) is 13.1 Å². The molecule has 2 heterocycles. The maximum atomic E-state index is 13.0. The predicted octanol–water partition coefficient (Wildman–Crippen LogP) is 3.46. The molecule has 0 aromatic carbocycles. The van der Waals surface area contributed by atoms with Crippen molar-refractivity contribution >= 4 is 62.1 Å². The van der Waals surface area contributed by atoms with Crippen molar-refractivity contribution in [2.24, 2.45) is 0 Å². The molecule has 1 amide bonds. The fraction of sp³-hybridized carbons (Fsp3) is 0.667. The van der Waals surface area contributed by atoms with Crippen molar-refractivity contribution in [1.82, 2.24) is 9.80 Å². The molecule has 3 rings (SSSR count). The second-order valence-corrected chi connectivity index (χ2v) is 12.7. The zero-order chi connectivity index (χ0) is 25.1. The van der Waals surface area contributed by atoms with Gasteiger partial charge in [-0.3, -0.25) is 14.5 Å². The van der Waals surface area contributed by atoms with Gasteiger partial charge in [-0.1, -0.05) is 40.0 Å². The first kappa shape index (κ1) is 27.5. The van der Waals surface area contributed by atoms with E-state index in [2.05, 4.69) is 0 Å². The van der Waals surface area contributed by atoms with Crippen LogP contribution in [0.5, 0.6) is 0 Å². The van der Waals surface area contributed by atoms with Gasteiger partial charge in [0.05, 0.1) is 10.8 Å². The molecule has 0 aromatic heterocycles. The molecule has 0 saturated carbocycles. The third-order valence-corrected chi connectivity index (χ3v) is 10.5. The largest absolute Gasteiger partial charge is 0.480 e. The number of aliphatic carboxylic acids is 1. The highest BCUT2D eigenvalue weighted by atomic mass is 32.2. The second-order valence-electron chi connectivity index (χ2n) is 8.31. The number of rotatable bonds is 11. The van der Waals surface area contributed by atoms with E-state index in [4.69, 9.17) is 21.6 Å². The van der Waals surface area contributed by atoms with Crippen LogP contribution in [0.2, 0.25) is 0 Å². The summed E-state index contributed by atoms with van der Waals surface area (Å²) < 4.78 is 31.3. The lowest BCUT2D eigenvalue weighted by molar-refractivity contribution is -1.08. The molecule has 1 saturated heterocycles. The monoisotopic (exact) mass is 550 g/mol. The van der Waals surface area contributed by atoms with Crippen LogP contribution in [0.25, 0.3) is 0 Å². The zero-order valence-corrected chi connectivity index (χ0v) is 23.0. The normalized spacial score (nSPS) is 21.6. The van der Waals surface area contributed by atoms with Gasteiger partial charge in [-0.15, -0.1) is 0 Å². The summed E-state index contributed by atoms with van der Waals surface area (Å²) in [5, 5.41) is 9.87. The lowest BCUT2D eigenvalue weighted by Crippen LogP contribution is -2.49. The Morgan fingerprint density at radius 2 is 1.76 bits per heavy atom. The topological polar surface area (TPSA) is 104 Å². The Bertz CT molecular complexity index is 1010. The lowest BCUT2D eigenvalue weighted by atomic mass is 10.0. The van der Waals surface area contributed by atoms with Gasteiger partial charge >= 0.3 is 16.1 Å². The molecule has 190 valence electrons. The Labute approximate surface area is 215 Å². The summed E-state index contributed by atoms with van der Waals surface area (Å²) in [5.74, 6) is -1.65. The van der Waals surface area contributed by atoms with Crippen molar-refractivity contribution in [2.45, 2.75) is 52.9 Å². The summed E-state index contributed by atoms with van der Waals surface area (Å²) >= 11 is 7.91. The van der Waals surface area contributed by atoms with E-state index < -0.39 is 28.5 Å². The molecule has 2 aliphatic heterocycles. The lowest BCUT2D eigenvalue weighted by Gasteiger charge is -2.31. The number of carbonyl (C=O) groups excluding carboxylic acids is 1. The molecule has 0 radical (unpaired) electrons. The van der Waals surface area contributed by atoms with Crippen LogP contribution >= 0.6 is 35.7 Å². The van der Waals surface area contributed by atoms with Gasteiger partial charge in [0.2, 0.25) is 0 Å². The molecule has 0 spiro atoms. The van der Waals surface area contributed by atoms with Crippen LogP contribution in [0.3, 0.4) is 0 Å². The molecule has 1 fully saturated rings. The highest BCUT2D eigenvalue weighted by molar-refractivity contribution is 8.27. The minimum Gasteiger partial charge on any atom is -0.480 e. The SMILES string of the molecule is CC[N+](CC)(CC)OS(=O)(=O)CCCN1C2=C(CCCC2)SC1=C1SC(=S)N(CC(=O)O)C1=O. The first-order chi connectivity index (χ1) is 16.1. The van der Waals surface area contributed by atoms with E-state index >= 15 is 0 Å². The number of hydrogen-bond acceptors (Lipinski definition) is 9. The standard InChI is InChI=1S/C21H31N3O6S4/c1-4-24(5-2,6-3)30-34(28,29)13-9-12-22-15-10-7-8-11-16(15)32-20(22)18-19(27)23(14-17(25)26)21(31)33-18/h4-14H2,1-3H3/p+1. The van der Waals surface area contributed by atoms with Crippen LogP contribution in [0.4, 0.5) is 0 Å². The Kier molecular flexibility index (Phi) is 9.12. The van der Waals surface area contributed by atoms with Gasteiger partial charge in [0.1, 0.15) is 35.4 Å². The molecule has 1 aliphatic carbocycles. The molecule has 9 nitrogen and oxygen atoms in total. The quantitative estimate of drug-likeness (QED) is 0.178. The van der Waals surface area contributed by atoms with Crippen LogP contribution in [-0.2, 0) is 24.0 Å². The summed E-state index contributed by atoms with van der Waals surface area (Å²) in [6, 6.07) is 0. The third-order valence-electron chi connectivity index (χ3n) is 6.29.